The van der Waals surface area contributed by atoms with E-state index >= 15 is 0 Å². The van der Waals surface area contributed by atoms with Crippen molar-refractivity contribution >= 4 is 41.3 Å². The lowest BCUT2D eigenvalue weighted by atomic mass is 9.95. The number of amides is 2. The van der Waals surface area contributed by atoms with Gasteiger partial charge in [0.1, 0.15) is 23.5 Å². The monoisotopic (exact) mass is 639 g/mol. The third kappa shape index (κ3) is 6.65. The van der Waals surface area contributed by atoms with Crippen molar-refractivity contribution in [3.05, 3.63) is 131 Å². The molecule has 0 saturated carbocycles. The molecule has 1 saturated heterocycles. The van der Waals surface area contributed by atoms with Crippen LogP contribution in [0.5, 0.6) is 0 Å². The molecule has 0 aromatic heterocycles. The molecular weight excluding hydrogens is 606 g/mol. The van der Waals surface area contributed by atoms with Gasteiger partial charge in [-0.05, 0) is 29.0 Å². The molecule has 2 heterocycles. The molecule has 2 amide bonds. The van der Waals surface area contributed by atoms with E-state index in [4.69, 9.17) is 9.47 Å². The molecule has 2 N–H and O–H groups in total. The quantitative estimate of drug-likeness (QED) is 0.173. The first-order chi connectivity index (χ1) is 22.2. The second kappa shape index (κ2) is 14.4. The first-order valence-electron chi connectivity index (χ1n) is 14.6. The van der Waals surface area contributed by atoms with E-state index in [-0.39, 0.29) is 11.4 Å². The summed E-state index contributed by atoms with van der Waals surface area (Å²) in [6.45, 7) is 4.99. The Morgan fingerprint density at radius 2 is 1.43 bits per heavy atom. The number of rotatable bonds is 12. The van der Waals surface area contributed by atoms with Gasteiger partial charge < -0.3 is 19.7 Å². The molecule has 4 unspecified atom stereocenters. The van der Waals surface area contributed by atoms with Gasteiger partial charge in [-0.3, -0.25) is 24.5 Å². The van der Waals surface area contributed by atoms with Crippen LogP contribution in [0, 0.1) is 0 Å². The van der Waals surface area contributed by atoms with Gasteiger partial charge in [0.25, 0.3) is 0 Å². The van der Waals surface area contributed by atoms with Crippen molar-refractivity contribution in [1.29, 1.82) is 0 Å². The number of ketones is 1. The molecule has 10 nitrogen and oxygen atoms in total. The summed E-state index contributed by atoms with van der Waals surface area (Å²) in [7, 11) is 1.23. The van der Waals surface area contributed by atoms with Gasteiger partial charge in [-0.25, -0.2) is 4.79 Å². The number of benzene rings is 3. The molecule has 236 valence electrons. The van der Waals surface area contributed by atoms with Crippen molar-refractivity contribution in [2.75, 3.05) is 7.11 Å². The van der Waals surface area contributed by atoms with Gasteiger partial charge in [0.2, 0.25) is 11.8 Å². The van der Waals surface area contributed by atoms with Crippen LogP contribution < -0.4 is 10.6 Å². The number of methoxy groups -OCH3 is 1. The van der Waals surface area contributed by atoms with Crippen LogP contribution in [-0.4, -0.2) is 65.0 Å². The zero-order valence-electron chi connectivity index (χ0n) is 25.2. The summed E-state index contributed by atoms with van der Waals surface area (Å²) in [5, 5.41) is 6.60. The Bertz CT molecular complexity index is 1610. The highest BCUT2D eigenvalue weighted by atomic mass is 32.2. The van der Waals surface area contributed by atoms with Gasteiger partial charge in [0, 0.05) is 5.57 Å². The Balaban J connectivity index is 1.39. The highest BCUT2D eigenvalue weighted by molar-refractivity contribution is 8.03. The third-order valence-corrected chi connectivity index (χ3v) is 8.95. The summed E-state index contributed by atoms with van der Waals surface area (Å²) in [6, 6.07) is 22.7. The number of fused-ring (bicyclic) bond motifs is 1. The van der Waals surface area contributed by atoms with E-state index in [1.807, 2.05) is 60.7 Å². The number of thioether (sulfide) groups is 1. The number of carbonyl (C=O) groups is 5. The van der Waals surface area contributed by atoms with Crippen LogP contribution in [0.1, 0.15) is 35.8 Å². The van der Waals surface area contributed by atoms with Gasteiger partial charge >= 0.3 is 11.9 Å². The van der Waals surface area contributed by atoms with Crippen molar-refractivity contribution < 1.29 is 33.4 Å². The summed E-state index contributed by atoms with van der Waals surface area (Å²) in [6.07, 6.45) is 0.540. The number of nitrogens with zero attached hydrogens (tertiary/aromatic N) is 1. The summed E-state index contributed by atoms with van der Waals surface area (Å²) in [4.78, 5) is 67.5. The lowest BCUT2D eigenvalue weighted by Gasteiger charge is -2.51. The summed E-state index contributed by atoms with van der Waals surface area (Å²) < 4.78 is 10.9. The van der Waals surface area contributed by atoms with Gasteiger partial charge in [-0.1, -0.05) is 97.1 Å². The largest absolute Gasteiger partial charge is 0.468 e. The van der Waals surface area contributed by atoms with Crippen molar-refractivity contribution in [3.63, 3.8) is 0 Å². The van der Waals surface area contributed by atoms with E-state index in [0.717, 1.165) is 22.9 Å². The van der Waals surface area contributed by atoms with Gasteiger partial charge in [0.05, 0.1) is 7.11 Å². The molecule has 11 heteroatoms. The van der Waals surface area contributed by atoms with E-state index in [9.17, 15) is 24.0 Å². The number of Topliss-reactive ketones (excluding diaryl/α,β-unsaturated/α-hetero) is 1. The zero-order chi connectivity index (χ0) is 32.8. The minimum atomic E-state index is -1.30. The molecule has 5 rings (SSSR count). The van der Waals surface area contributed by atoms with Crippen LogP contribution in [0.25, 0.3) is 0 Å². The molecule has 0 aliphatic carbocycles. The fraction of sp³-hybridized carbons (Fsp3) is 0.229. The van der Waals surface area contributed by atoms with Crippen LogP contribution in [-0.2, 0) is 33.4 Å². The highest BCUT2D eigenvalue weighted by Gasteiger charge is 2.57. The maximum Gasteiger partial charge on any atom is 0.334 e. The lowest BCUT2D eigenvalue weighted by Crippen LogP contribution is -2.74. The molecule has 3 aromatic carbocycles. The van der Waals surface area contributed by atoms with Gasteiger partial charge in [0.15, 0.2) is 17.9 Å². The van der Waals surface area contributed by atoms with Gasteiger partial charge in [-0.2, -0.15) is 0 Å². The van der Waals surface area contributed by atoms with E-state index in [1.165, 1.54) is 25.0 Å². The number of esters is 2. The van der Waals surface area contributed by atoms with Crippen LogP contribution in [0.4, 0.5) is 0 Å². The number of hydrogen-bond acceptors (Lipinski definition) is 9. The number of β-lactam (4-membered cyclic amide) rings is 1. The molecule has 2 aliphatic rings. The van der Waals surface area contributed by atoms with Crippen LogP contribution in [0.15, 0.2) is 115 Å². The molecule has 0 radical (unpaired) electrons. The Morgan fingerprint density at radius 3 is 1.93 bits per heavy atom. The lowest BCUT2D eigenvalue weighted by molar-refractivity contribution is -0.166. The summed E-state index contributed by atoms with van der Waals surface area (Å²) in [5.74, 6) is -2.90. The molecule has 0 spiro atoms. The predicted molar refractivity (Wildman–Crippen MR) is 172 cm³/mol. The van der Waals surface area contributed by atoms with Crippen LogP contribution in [0.3, 0.4) is 0 Å². The van der Waals surface area contributed by atoms with E-state index in [1.54, 1.807) is 35.7 Å². The first kappa shape index (κ1) is 32.4. The molecule has 3 aromatic rings. The number of carbonyl (C=O) groups excluding carboxylic acids is 5. The molecule has 2 aliphatic heterocycles. The fourth-order valence-electron chi connectivity index (χ4n) is 5.42. The Kier molecular flexibility index (Phi) is 10.1. The minimum absolute atomic E-state index is 0.125. The Morgan fingerprint density at radius 1 is 0.891 bits per heavy atom. The van der Waals surface area contributed by atoms with Crippen LogP contribution >= 0.6 is 11.8 Å². The summed E-state index contributed by atoms with van der Waals surface area (Å²) in [5.41, 5.74) is 2.12. The van der Waals surface area contributed by atoms with Crippen LogP contribution in [0.2, 0.25) is 0 Å². The molecular formula is C35H33N3O7S. The average Bonchev–Trinajstić information content (AvgIpc) is 3.09. The molecule has 46 heavy (non-hydrogen) atoms. The normalized spacial score (nSPS) is 19.9. The third-order valence-electron chi connectivity index (χ3n) is 7.79. The minimum Gasteiger partial charge on any atom is -0.468 e. The topological polar surface area (TPSA) is 131 Å². The SMILES string of the molecule is C=CC(NC(C(=O)NC1C(=O)N2C(C(=O)OC(c3ccccc3)c3ccccc3)C(C(C)=O)=CS[C@H]12)c1ccccc1)C(=O)OC. The fourth-order valence-corrected chi connectivity index (χ4v) is 6.70. The van der Waals surface area contributed by atoms with Gasteiger partial charge in [-0.15, -0.1) is 18.3 Å². The highest BCUT2D eigenvalue weighted by Crippen LogP contribution is 2.41. The number of nitrogens with one attached hydrogen (secondary N) is 2. The zero-order valence-corrected chi connectivity index (χ0v) is 26.0. The molecule has 0 bridgehead atoms. The smallest absolute Gasteiger partial charge is 0.334 e. The molecule has 5 atom stereocenters. The van der Waals surface area contributed by atoms with Crippen molar-refractivity contribution in [2.45, 2.75) is 42.6 Å². The average molecular weight is 640 g/mol. The standard InChI is InChI=1S/C35H33N3O7S/c1-4-26(34(42)44-3)36-27(22-14-8-5-9-15-22)31(40)37-28-32(41)38-29(25(21(2)39)20-46-33(28)38)35(43)45-30(23-16-10-6-11-17-23)24-18-12-7-13-19-24/h4-20,26-30,33,36H,1H2,2-3H3,(H,37,40)/t26?,27?,28?,29?,33-/m1/s1. The Labute approximate surface area is 270 Å². The van der Waals surface area contributed by atoms with E-state index < -0.39 is 59.4 Å². The second-order valence-corrected chi connectivity index (χ2v) is 11.7. The predicted octanol–water partition coefficient (Wildman–Crippen LogP) is 3.62. The second-order valence-electron chi connectivity index (χ2n) is 10.7. The number of ether oxygens (including phenoxy) is 2. The molecule has 1 fully saturated rings. The number of hydrogen-bond donors (Lipinski definition) is 2. The van der Waals surface area contributed by atoms with Crippen molar-refractivity contribution in [2.24, 2.45) is 0 Å². The maximum atomic E-state index is 13.9. The van der Waals surface area contributed by atoms with E-state index in [0.29, 0.717) is 5.56 Å². The van der Waals surface area contributed by atoms with E-state index in [2.05, 4.69) is 17.2 Å². The van der Waals surface area contributed by atoms with Crippen molar-refractivity contribution in [1.82, 2.24) is 15.5 Å². The maximum absolute atomic E-state index is 13.9. The summed E-state index contributed by atoms with van der Waals surface area (Å²) >= 11 is 1.16. The van der Waals surface area contributed by atoms with Crippen molar-refractivity contribution in [3.8, 4) is 0 Å². The first-order valence-corrected chi connectivity index (χ1v) is 15.5. The Hall–Kier alpha value is -5.00.